The first-order valence-electron chi connectivity index (χ1n) is 9.16. The fourth-order valence-electron chi connectivity index (χ4n) is 4.32. The number of rotatable bonds is 2. The van der Waals surface area contributed by atoms with Gasteiger partial charge >= 0.3 is 11.7 Å². The zero-order valence-corrected chi connectivity index (χ0v) is 16.1. The van der Waals surface area contributed by atoms with E-state index in [0.717, 1.165) is 24.8 Å². The lowest BCUT2D eigenvalue weighted by molar-refractivity contribution is -0.134. The lowest BCUT2D eigenvalue weighted by Crippen LogP contribution is -2.49. The van der Waals surface area contributed by atoms with Crippen LogP contribution in [-0.4, -0.2) is 34.3 Å². The minimum absolute atomic E-state index is 0.0330. The summed E-state index contributed by atoms with van der Waals surface area (Å²) in [5.41, 5.74) is 0.502. The van der Waals surface area contributed by atoms with Crippen LogP contribution < -0.4 is 5.63 Å². The first-order valence-corrected chi connectivity index (χ1v) is 9.54. The van der Waals surface area contributed by atoms with Gasteiger partial charge < -0.3 is 9.32 Å². The predicted molar refractivity (Wildman–Crippen MR) is 102 cm³/mol. The molecule has 1 aliphatic carbocycles. The topological polar surface area (TPSA) is 70.8 Å². The quantitative estimate of drug-likeness (QED) is 0.578. The van der Waals surface area contributed by atoms with E-state index in [1.165, 1.54) is 11.0 Å². The van der Waals surface area contributed by atoms with Gasteiger partial charge in [-0.1, -0.05) is 30.9 Å². The second-order valence-electron chi connectivity index (χ2n) is 7.51. The number of urea groups is 1. The third kappa shape index (κ3) is 2.74. The summed E-state index contributed by atoms with van der Waals surface area (Å²) in [5, 5.41) is 1.18. The molecule has 2 fully saturated rings. The maximum Gasteiger partial charge on any atom is 0.336 e. The molecule has 1 saturated heterocycles. The molecular weight excluding hydrogens is 368 g/mol. The maximum absolute atomic E-state index is 13.2. The molecule has 2 aromatic rings. The molecule has 1 saturated carbocycles. The van der Waals surface area contributed by atoms with Gasteiger partial charge in [-0.15, -0.1) is 0 Å². The number of amides is 3. The maximum atomic E-state index is 13.2. The molecule has 0 bridgehead atoms. The van der Waals surface area contributed by atoms with E-state index in [0.29, 0.717) is 34.4 Å². The van der Waals surface area contributed by atoms with E-state index in [-0.39, 0.29) is 18.5 Å². The Balaban J connectivity index is 1.76. The van der Waals surface area contributed by atoms with Crippen molar-refractivity contribution in [2.24, 2.45) is 0 Å². The Labute approximate surface area is 161 Å². The summed E-state index contributed by atoms with van der Waals surface area (Å²) < 4.78 is 5.27. The number of nitrogens with zero attached hydrogens (tertiary/aromatic N) is 2. The average Bonchev–Trinajstić information content (AvgIpc) is 2.80. The highest BCUT2D eigenvalue weighted by Gasteiger charge is 2.55. The van der Waals surface area contributed by atoms with Crippen LogP contribution in [0.5, 0.6) is 0 Å². The first kappa shape index (κ1) is 18.0. The number of likely N-dealkylation sites (N-methyl/N-ethyl adjacent to an activating group) is 1. The molecule has 4 rings (SSSR count). The van der Waals surface area contributed by atoms with E-state index in [4.69, 9.17) is 16.0 Å². The molecule has 0 unspecified atom stereocenters. The van der Waals surface area contributed by atoms with Crippen LogP contribution in [0.3, 0.4) is 0 Å². The van der Waals surface area contributed by atoms with Crippen molar-refractivity contribution >= 4 is 34.5 Å². The van der Waals surface area contributed by atoms with E-state index in [2.05, 4.69) is 0 Å². The molecule has 0 N–H and O–H groups in total. The monoisotopic (exact) mass is 388 g/mol. The molecule has 2 heterocycles. The number of fused-ring (bicyclic) bond motifs is 1. The number of hydrogen-bond acceptors (Lipinski definition) is 4. The van der Waals surface area contributed by atoms with Crippen LogP contribution in [0.15, 0.2) is 27.4 Å². The van der Waals surface area contributed by atoms with Gasteiger partial charge in [0.25, 0.3) is 5.91 Å². The third-order valence-electron chi connectivity index (χ3n) is 5.92. The molecule has 1 spiro atoms. The van der Waals surface area contributed by atoms with E-state index in [1.54, 1.807) is 24.1 Å². The van der Waals surface area contributed by atoms with Gasteiger partial charge in [0, 0.05) is 23.5 Å². The van der Waals surface area contributed by atoms with E-state index in [1.807, 2.05) is 6.92 Å². The Morgan fingerprint density at radius 3 is 2.52 bits per heavy atom. The van der Waals surface area contributed by atoms with Crippen LogP contribution in [0.2, 0.25) is 5.02 Å². The Kier molecular flexibility index (Phi) is 4.26. The summed E-state index contributed by atoms with van der Waals surface area (Å²) in [6.45, 7) is 1.86. The number of benzene rings is 1. The zero-order chi connectivity index (χ0) is 19.3. The van der Waals surface area contributed by atoms with Crippen molar-refractivity contribution in [3.8, 4) is 0 Å². The van der Waals surface area contributed by atoms with Crippen molar-refractivity contribution in [1.29, 1.82) is 0 Å². The van der Waals surface area contributed by atoms with Gasteiger partial charge in [0.2, 0.25) is 0 Å². The van der Waals surface area contributed by atoms with Crippen molar-refractivity contribution in [2.45, 2.75) is 51.1 Å². The van der Waals surface area contributed by atoms with Gasteiger partial charge in [-0.2, -0.15) is 0 Å². The Morgan fingerprint density at radius 2 is 1.81 bits per heavy atom. The minimum Gasteiger partial charge on any atom is -0.423 e. The SMILES string of the molecule is Cc1cc2oc(=O)cc(CN3C(=O)N(C)C4(CCCCC4)C3=O)c2cc1Cl. The predicted octanol–water partition coefficient (Wildman–Crippen LogP) is 3.85. The summed E-state index contributed by atoms with van der Waals surface area (Å²) in [7, 11) is 1.70. The highest BCUT2D eigenvalue weighted by Crippen LogP contribution is 2.40. The second-order valence-corrected chi connectivity index (χ2v) is 7.92. The summed E-state index contributed by atoms with van der Waals surface area (Å²) in [5.74, 6) is -0.172. The van der Waals surface area contributed by atoms with Crippen molar-refractivity contribution in [1.82, 2.24) is 9.80 Å². The van der Waals surface area contributed by atoms with Crippen molar-refractivity contribution in [3.05, 3.63) is 44.8 Å². The van der Waals surface area contributed by atoms with Gasteiger partial charge in [-0.3, -0.25) is 9.69 Å². The number of imide groups is 1. The summed E-state index contributed by atoms with van der Waals surface area (Å²) >= 11 is 6.24. The van der Waals surface area contributed by atoms with Crippen LogP contribution in [0.25, 0.3) is 11.0 Å². The summed E-state index contributed by atoms with van der Waals surface area (Å²) in [6, 6.07) is 4.43. The Hall–Kier alpha value is -2.34. The van der Waals surface area contributed by atoms with Crippen LogP contribution >= 0.6 is 11.6 Å². The van der Waals surface area contributed by atoms with Gasteiger partial charge in [-0.05, 0) is 43.0 Å². The minimum atomic E-state index is -0.737. The molecule has 2 aliphatic rings. The summed E-state index contributed by atoms with van der Waals surface area (Å²) in [6.07, 6.45) is 4.33. The molecule has 0 radical (unpaired) electrons. The van der Waals surface area contributed by atoms with Gasteiger partial charge in [0.15, 0.2) is 0 Å². The van der Waals surface area contributed by atoms with Crippen LogP contribution in [0.1, 0.15) is 43.2 Å². The van der Waals surface area contributed by atoms with Gasteiger partial charge in [0.05, 0.1) is 6.54 Å². The molecule has 1 aromatic heterocycles. The number of halogens is 1. The Bertz CT molecular complexity index is 1010. The molecule has 0 atom stereocenters. The second kappa shape index (κ2) is 6.37. The fourth-order valence-corrected chi connectivity index (χ4v) is 4.48. The highest BCUT2D eigenvalue weighted by atomic mass is 35.5. The normalized spacial score (nSPS) is 19.5. The Morgan fingerprint density at radius 1 is 1.11 bits per heavy atom. The number of carbonyl (C=O) groups is 2. The van der Waals surface area contributed by atoms with E-state index in [9.17, 15) is 14.4 Å². The van der Waals surface area contributed by atoms with Crippen molar-refractivity contribution in [2.75, 3.05) is 7.05 Å². The molecule has 1 aliphatic heterocycles. The largest absolute Gasteiger partial charge is 0.423 e. The first-order chi connectivity index (χ1) is 12.8. The fraction of sp³-hybridized carbons (Fsp3) is 0.450. The smallest absolute Gasteiger partial charge is 0.336 e. The van der Waals surface area contributed by atoms with Gasteiger partial charge in [0.1, 0.15) is 11.1 Å². The third-order valence-corrected chi connectivity index (χ3v) is 6.33. The lowest BCUT2D eigenvalue weighted by Gasteiger charge is -2.35. The molecule has 6 nitrogen and oxygen atoms in total. The van der Waals surface area contributed by atoms with Crippen LogP contribution in [0, 0.1) is 6.92 Å². The van der Waals surface area contributed by atoms with E-state index < -0.39 is 11.2 Å². The molecular formula is C20H21ClN2O4. The van der Waals surface area contributed by atoms with Crippen molar-refractivity contribution in [3.63, 3.8) is 0 Å². The molecule has 27 heavy (non-hydrogen) atoms. The molecule has 1 aromatic carbocycles. The summed E-state index contributed by atoms with van der Waals surface area (Å²) in [4.78, 5) is 40.9. The van der Waals surface area contributed by atoms with Crippen LogP contribution in [0.4, 0.5) is 4.79 Å². The van der Waals surface area contributed by atoms with Crippen LogP contribution in [-0.2, 0) is 11.3 Å². The number of carbonyl (C=O) groups excluding carboxylic acids is 2. The highest BCUT2D eigenvalue weighted by molar-refractivity contribution is 6.32. The molecule has 7 heteroatoms. The van der Waals surface area contributed by atoms with Crippen molar-refractivity contribution < 1.29 is 14.0 Å². The lowest BCUT2D eigenvalue weighted by atomic mass is 9.80. The number of aryl methyl sites for hydroxylation is 1. The zero-order valence-electron chi connectivity index (χ0n) is 15.4. The molecule has 3 amide bonds. The average molecular weight is 389 g/mol. The number of hydrogen-bond donors (Lipinski definition) is 0. The van der Waals surface area contributed by atoms with Gasteiger partial charge in [-0.25, -0.2) is 9.59 Å². The molecule has 142 valence electrons. The van der Waals surface area contributed by atoms with E-state index >= 15 is 0 Å². The standard InChI is InChI=1S/C20H21ClN2O4/c1-12-8-16-14(10-15(12)21)13(9-17(24)27-16)11-23-18(25)20(22(2)19(23)26)6-4-3-5-7-20/h8-10H,3-7,11H2,1-2H3.